The first-order valence-electron chi connectivity index (χ1n) is 6.11. The van der Waals surface area contributed by atoms with E-state index in [1.807, 2.05) is 6.92 Å². The lowest BCUT2D eigenvalue weighted by molar-refractivity contribution is 0.283. The average Bonchev–Trinajstić information content (AvgIpc) is 2.91. The first-order valence-corrected chi connectivity index (χ1v) is 6.11. The Morgan fingerprint density at radius 2 is 2.32 bits per heavy atom. The molecule has 19 heavy (non-hydrogen) atoms. The fraction of sp³-hybridized carbons (Fsp3) is 0.385. The summed E-state index contributed by atoms with van der Waals surface area (Å²) in [5.74, 6) is 0.732. The van der Waals surface area contributed by atoms with Gasteiger partial charge >= 0.3 is 0 Å². The van der Waals surface area contributed by atoms with Crippen molar-refractivity contribution in [1.82, 2.24) is 10.1 Å². The zero-order valence-corrected chi connectivity index (χ0v) is 10.7. The first kappa shape index (κ1) is 13.5. The number of benzene rings is 1. The summed E-state index contributed by atoms with van der Waals surface area (Å²) in [6, 6.07) is 4.37. The second-order valence-electron chi connectivity index (χ2n) is 4.26. The van der Waals surface area contributed by atoms with Crippen LogP contribution in [-0.2, 0) is 13.0 Å². The Balaban J connectivity index is 2.09. The van der Waals surface area contributed by atoms with Gasteiger partial charge in [-0.25, -0.2) is 4.39 Å². The van der Waals surface area contributed by atoms with Crippen LogP contribution in [0.2, 0.25) is 0 Å². The molecule has 0 spiro atoms. The number of ether oxygens (including phenoxy) is 1. The van der Waals surface area contributed by atoms with Crippen molar-refractivity contribution in [3.63, 3.8) is 0 Å². The molecule has 1 heterocycles. The van der Waals surface area contributed by atoms with Crippen molar-refractivity contribution in [2.75, 3.05) is 0 Å². The van der Waals surface area contributed by atoms with Gasteiger partial charge in [-0.2, -0.15) is 4.98 Å². The predicted molar refractivity (Wildman–Crippen MR) is 67.0 cm³/mol. The average molecular weight is 265 g/mol. The van der Waals surface area contributed by atoms with Crippen molar-refractivity contribution in [3.05, 3.63) is 41.8 Å². The smallest absolute Gasteiger partial charge is 0.213 e. The van der Waals surface area contributed by atoms with Crippen LogP contribution in [0.4, 0.5) is 4.39 Å². The topological polar surface area (TPSA) is 74.2 Å². The lowest BCUT2D eigenvalue weighted by Crippen LogP contribution is -2.21. The second-order valence-corrected chi connectivity index (χ2v) is 4.26. The van der Waals surface area contributed by atoms with Gasteiger partial charge in [0.1, 0.15) is 11.6 Å². The fourth-order valence-corrected chi connectivity index (χ4v) is 1.67. The van der Waals surface area contributed by atoms with Crippen LogP contribution in [0.3, 0.4) is 0 Å². The third kappa shape index (κ3) is 3.75. The SMILES string of the molecule is CCC(N)Cc1cc(F)ccc1OCc1ncon1. The van der Waals surface area contributed by atoms with Gasteiger partial charge in [0.25, 0.3) is 0 Å². The summed E-state index contributed by atoms with van der Waals surface area (Å²) in [6.45, 7) is 2.17. The molecule has 0 amide bonds. The van der Waals surface area contributed by atoms with E-state index in [0.717, 1.165) is 12.0 Å². The van der Waals surface area contributed by atoms with E-state index in [1.54, 1.807) is 6.07 Å². The van der Waals surface area contributed by atoms with E-state index in [4.69, 9.17) is 10.5 Å². The normalized spacial score (nSPS) is 12.4. The molecule has 6 heteroatoms. The van der Waals surface area contributed by atoms with E-state index in [-0.39, 0.29) is 18.5 Å². The van der Waals surface area contributed by atoms with Crippen LogP contribution in [0.25, 0.3) is 0 Å². The largest absolute Gasteiger partial charge is 0.485 e. The molecule has 1 unspecified atom stereocenters. The number of nitrogens with two attached hydrogens (primary N) is 1. The number of aromatic nitrogens is 2. The highest BCUT2D eigenvalue weighted by Crippen LogP contribution is 2.22. The molecule has 0 saturated heterocycles. The Bertz CT molecular complexity index is 517. The van der Waals surface area contributed by atoms with Gasteiger partial charge in [-0.3, -0.25) is 0 Å². The Labute approximate surface area is 110 Å². The molecule has 0 aliphatic heterocycles. The first-order chi connectivity index (χ1) is 9.19. The standard InChI is InChI=1S/C13H16FN3O2/c1-2-11(15)6-9-5-10(14)3-4-12(9)18-7-13-16-8-19-17-13/h3-5,8,11H,2,6-7,15H2,1H3. The van der Waals surface area contributed by atoms with E-state index < -0.39 is 0 Å². The molecular formula is C13H16FN3O2. The van der Waals surface area contributed by atoms with Gasteiger partial charge in [-0.05, 0) is 36.6 Å². The highest BCUT2D eigenvalue weighted by atomic mass is 19.1. The Morgan fingerprint density at radius 3 is 3.00 bits per heavy atom. The summed E-state index contributed by atoms with van der Waals surface area (Å²) < 4.78 is 23.5. The summed E-state index contributed by atoms with van der Waals surface area (Å²) in [7, 11) is 0. The second kappa shape index (κ2) is 6.29. The Hall–Kier alpha value is -1.95. The maximum absolute atomic E-state index is 13.3. The number of nitrogens with zero attached hydrogens (tertiary/aromatic N) is 2. The molecular weight excluding hydrogens is 249 g/mol. The van der Waals surface area contributed by atoms with Gasteiger partial charge < -0.3 is 15.0 Å². The van der Waals surface area contributed by atoms with Crippen LogP contribution < -0.4 is 10.5 Å². The van der Waals surface area contributed by atoms with Crippen LogP contribution in [0, 0.1) is 5.82 Å². The van der Waals surface area contributed by atoms with Gasteiger partial charge in [0.15, 0.2) is 6.61 Å². The summed E-state index contributed by atoms with van der Waals surface area (Å²) in [4.78, 5) is 3.85. The highest BCUT2D eigenvalue weighted by Gasteiger charge is 2.10. The van der Waals surface area contributed by atoms with Gasteiger partial charge in [0.05, 0.1) is 0 Å². The quantitative estimate of drug-likeness (QED) is 0.865. The lowest BCUT2D eigenvalue weighted by atomic mass is 10.0. The van der Waals surface area contributed by atoms with E-state index in [9.17, 15) is 4.39 Å². The maximum atomic E-state index is 13.3. The van der Waals surface area contributed by atoms with Crippen molar-refractivity contribution in [1.29, 1.82) is 0 Å². The monoisotopic (exact) mass is 265 g/mol. The van der Waals surface area contributed by atoms with Crippen LogP contribution in [0.1, 0.15) is 24.7 Å². The zero-order valence-electron chi connectivity index (χ0n) is 10.7. The van der Waals surface area contributed by atoms with Gasteiger partial charge in [-0.1, -0.05) is 12.1 Å². The van der Waals surface area contributed by atoms with Crippen molar-refractivity contribution >= 4 is 0 Å². The Kier molecular flexibility index (Phi) is 4.46. The molecule has 102 valence electrons. The molecule has 2 rings (SSSR count). The van der Waals surface area contributed by atoms with E-state index in [2.05, 4.69) is 14.7 Å². The molecule has 1 aromatic heterocycles. The maximum Gasteiger partial charge on any atom is 0.213 e. The summed E-state index contributed by atoms with van der Waals surface area (Å²) in [5, 5.41) is 3.65. The molecule has 0 bridgehead atoms. The third-order valence-electron chi connectivity index (χ3n) is 2.79. The summed E-state index contributed by atoms with van der Waals surface area (Å²) >= 11 is 0. The molecule has 0 radical (unpaired) electrons. The lowest BCUT2D eigenvalue weighted by Gasteiger charge is -2.13. The fourth-order valence-electron chi connectivity index (χ4n) is 1.67. The van der Waals surface area contributed by atoms with Crippen molar-refractivity contribution in [3.8, 4) is 5.75 Å². The number of hydrogen-bond donors (Lipinski definition) is 1. The molecule has 0 aliphatic carbocycles. The molecule has 5 nitrogen and oxygen atoms in total. The van der Waals surface area contributed by atoms with Crippen molar-refractivity contribution in [2.24, 2.45) is 5.73 Å². The van der Waals surface area contributed by atoms with E-state index in [1.165, 1.54) is 18.5 Å². The highest BCUT2D eigenvalue weighted by molar-refractivity contribution is 5.34. The molecule has 0 aliphatic rings. The number of hydrogen-bond acceptors (Lipinski definition) is 5. The van der Waals surface area contributed by atoms with E-state index >= 15 is 0 Å². The van der Waals surface area contributed by atoms with E-state index in [0.29, 0.717) is 18.0 Å². The number of rotatable bonds is 6. The molecule has 2 aromatic rings. The minimum atomic E-state index is -0.301. The minimum Gasteiger partial charge on any atom is -0.485 e. The van der Waals surface area contributed by atoms with Crippen LogP contribution >= 0.6 is 0 Å². The predicted octanol–water partition coefficient (Wildman–Crippen LogP) is 2.07. The number of halogens is 1. The van der Waals surface area contributed by atoms with Crippen LogP contribution in [-0.4, -0.2) is 16.2 Å². The summed E-state index contributed by atoms with van der Waals surface area (Å²) in [5.41, 5.74) is 6.65. The van der Waals surface area contributed by atoms with Crippen molar-refractivity contribution < 1.29 is 13.7 Å². The summed E-state index contributed by atoms with van der Waals surface area (Å²) in [6.07, 6.45) is 2.62. The zero-order chi connectivity index (χ0) is 13.7. The van der Waals surface area contributed by atoms with Crippen LogP contribution in [0.5, 0.6) is 5.75 Å². The molecule has 2 N–H and O–H groups in total. The van der Waals surface area contributed by atoms with Gasteiger partial charge in [-0.15, -0.1) is 0 Å². The van der Waals surface area contributed by atoms with Crippen molar-refractivity contribution in [2.45, 2.75) is 32.4 Å². The molecule has 0 fully saturated rings. The minimum absolute atomic E-state index is 0.0191. The molecule has 0 saturated carbocycles. The third-order valence-corrected chi connectivity index (χ3v) is 2.79. The Morgan fingerprint density at radius 1 is 1.47 bits per heavy atom. The van der Waals surface area contributed by atoms with Gasteiger partial charge in [0, 0.05) is 6.04 Å². The molecule has 1 aromatic carbocycles. The van der Waals surface area contributed by atoms with Crippen LogP contribution in [0.15, 0.2) is 29.1 Å². The van der Waals surface area contributed by atoms with Gasteiger partial charge in [0.2, 0.25) is 12.2 Å². The molecule has 1 atom stereocenters.